The van der Waals surface area contributed by atoms with Gasteiger partial charge in [-0.05, 0) is 30.2 Å². The van der Waals surface area contributed by atoms with Crippen LogP contribution in [-0.4, -0.2) is 4.98 Å². The molecule has 3 heteroatoms. The van der Waals surface area contributed by atoms with E-state index in [1.807, 2.05) is 19.1 Å². The minimum Gasteiger partial charge on any atom is -0.472 e. The summed E-state index contributed by atoms with van der Waals surface area (Å²) in [5.41, 5.74) is 9.22. The number of hydrogen-bond acceptors (Lipinski definition) is 3. The second-order valence-corrected chi connectivity index (χ2v) is 3.27. The molecule has 2 heterocycles. The maximum Gasteiger partial charge on any atom is 0.0953 e. The predicted molar refractivity (Wildman–Crippen MR) is 53.7 cm³/mol. The molecule has 2 rings (SSSR count). The number of hydrogen-bond donors (Lipinski definition) is 1. The summed E-state index contributed by atoms with van der Waals surface area (Å²) in [6.45, 7) is 2.02. The lowest BCUT2D eigenvalue weighted by molar-refractivity contribution is 0.562. The van der Waals surface area contributed by atoms with Crippen molar-refractivity contribution in [1.29, 1.82) is 0 Å². The van der Waals surface area contributed by atoms with Gasteiger partial charge in [0.2, 0.25) is 0 Å². The number of rotatable bonds is 2. The Labute approximate surface area is 82.6 Å². The van der Waals surface area contributed by atoms with E-state index in [4.69, 9.17) is 10.2 Å². The summed E-state index contributed by atoms with van der Waals surface area (Å²) in [6.07, 6.45) is 6.85. The Kier molecular flexibility index (Phi) is 2.33. The molecule has 0 saturated carbocycles. The van der Waals surface area contributed by atoms with Crippen LogP contribution >= 0.6 is 0 Å². The van der Waals surface area contributed by atoms with Crippen molar-refractivity contribution in [1.82, 2.24) is 4.98 Å². The molecule has 0 aliphatic rings. The van der Waals surface area contributed by atoms with Crippen LogP contribution in [0.1, 0.15) is 22.7 Å². The molecule has 2 aromatic rings. The van der Waals surface area contributed by atoms with Crippen LogP contribution in [0, 0.1) is 6.92 Å². The average Bonchev–Trinajstić information content (AvgIpc) is 2.70. The highest BCUT2D eigenvalue weighted by molar-refractivity contribution is 5.32. The molecule has 2 aromatic heterocycles. The van der Waals surface area contributed by atoms with E-state index in [-0.39, 0.29) is 6.04 Å². The molecule has 0 radical (unpaired) electrons. The second kappa shape index (κ2) is 3.64. The van der Waals surface area contributed by atoms with Gasteiger partial charge in [0, 0.05) is 18.0 Å². The quantitative estimate of drug-likeness (QED) is 0.784. The van der Waals surface area contributed by atoms with E-state index in [0.717, 1.165) is 16.7 Å². The zero-order valence-electron chi connectivity index (χ0n) is 7.97. The van der Waals surface area contributed by atoms with Crippen molar-refractivity contribution in [3.8, 4) is 0 Å². The third kappa shape index (κ3) is 1.54. The van der Waals surface area contributed by atoms with Gasteiger partial charge in [-0.1, -0.05) is 0 Å². The highest BCUT2D eigenvalue weighted by Gasteiger charge is 2.11. The number of pyridine rings is 1. The molecule has 14 heavy (non-hydrogen) atoms. The average molecular weight is 188 g/mol. The first-order valence-corrected chi connectivity index (χ1v) is 4.47. The van der Waals surface area contributed by atoms with Gasteiger partial charge in [0.25, 0.3) is 0 Å². The summed E-state index contributed by atoms with van der Waals surface area (Å²) in [7, 11) is 0. The van der Waals surface area contributed by atoms with E-state index in [1.54, 1.807) is 24.9 Å². The molecule has 0 spiro atoms. The molecule has 3 nitrogen and oxygen atoms in total. The summed E-state index contributed by atoms with van der Waals surface area (Å²) in [6, 6.07) is 3.68. The van der Waals surface area contributed by atoms with Crippen molar-refractivity contribution in [2.75, 3.05) is 0 Å². The fourth-order valence-electron chi connectivity index (χ4n) is 1.43. The van der Waals surface area contributed by atoms with Crippen molar-refractivity contribution < 1.29 is 4.42 Å². The van der Waals surface area contributed by atoms with Gasteiger partial charge in [-0.15, -0.1) is 0 Å². The highest BCUT2D eigenvalue weighted by Crippen LogP contribution is 2.21. The number of furan rings is 1. The topological polar surface area (TPSA) is 52.0 Å². The molecule has 0 bridgehead atoms. The lowest BCUT2D eigenvalue weighted by Crippen LogP contribution is -2.12. The Hall–Kier alpha value is -1.61. The van der Waals surface area contributed by atoms with Crippen LogP contribution in [-0.2, 0) is 0 Å². The molecule has 2 N–H and O–H groups in total. The normalized spacial score (nSPS) is 12.7. The lowest BCUT2D eigenvalue weighted by Gasteiger charge is -2.11. The standard InChI is InChI=1S/C11H12N2O/c1-8-2-4-13-6-10(8)11(12)9-3-5-14-7-9/h2-7,11H,12H2,1H3. The molecular formula is C11H12N2O. The van der Waals surface area contributed by atoms with Crippen LogP contribution < -0.4 is 5.73 Å². The Morgan fingerprint density at radius 2 is 2.29 bits per heavy atom. The fourth-order valence-corrected chi connectivity index (χ4v) is 1.43. The minimum atomic E-state index is -0.151. The molecule has 0 fully saturated rings. The Morgan fingerprint density at radius 3 is 2.93 bits per heavy atom. The maximum absolute atomic E-state index is 6.06. The van der Waals surface area contributed by atoms with Gasteiger partial charge < -0.3 is 10.2 Å². The summed E-state index contributed by atoms with van der Waals surface area (Å²) < 4.78 is 5.00. The lowest BCUT2D eigenvalue weighted by atomic mass is 10.0. The van der Waals surface area contributed by atoms with Crippen molar-refractivity contribution in [3.05, 3.63) is 53.7 Å². The molecule has 0 aliphatic heterocycles. The number of nitrogens with two attached hydrogens (primary N) is 1. The van der Waals surface area contributed by atoms with Crippen molar-refractivity contribution >= 4 is 0 Å². The molecule has 0 saturated heterocycles. The van der Waals surface area contributed by atoms with Crippen LogP contribution in [0.4, 0.5) is 0 Å². The molecular weight excluding hydrogens is 176 g/mol. The SMILES string of the molecule is Cc1ccncc1C(N)c1ccoc1. The van der Waals surface area contributed by atoms with Crippen molar-refractivity contribution in [3.63, 3.8) is 0 Å². The van der Waals surface area contributed by atoms with Crippen LogP contribution in [0.3, 0.4) is 0 Å². The van der Waals surface area contributed by atoms with Gasteiger partial charge in [0.1, 0.15) is 0 Å². The Morgan fingerprint density at radius 1 is 1.43 bits per heavy atom. The summed E-state index contributed by atoms with van der Waals surface area (Å²) in [5, 5.41) is 0. The van der Waals surface area contributed by atoms with Crippen LogP contribution in [0.25, 0.3) is 0 Å². The first-order chi connectivity index (χ1) is 6.79. The first kappa shape index (κ1) is 8.97. The molecule has 0 aromatic carbocycles. The van der Waals surface area contributed by atoms with Crippen LogP contribution in [0.2, 0.25) is 0 Å². The van der Waals surface area contributed by atoms with E-state index in [1.165, 1.54) is 0 Å². The van der Waals surface area contributed by atoms with E-state index >= 15 is 0 Å². The summed E-state index contributed by atoms with van der Waals surface area (Å²) in [5.74, 6) is 0. The monoisotopic (exact) mass is 188 g/mol. The predicted octanol–water partition coefficient (Wildman–Crippen LogP) is 2.03. The fraction of sp³-hybridized carbons (Fsp3) is 0.182. The highest BCUT2D eigenvalue weighted by atomic mass is 16.3. The number of aromatic nitrogens is 1. The minimum absolute atomic E-state index is 0.151. The molecule has 0 aliphatic carbocycles. The Bertz CT molecular complexity index is 409. The van der Waals surface area contributed by atoms with Gasteiger partial charge >= 0.3 is 0 Å². The van der Waals surface area contributed by atoms with Crippen LogP contribution in [0.15, 0.2) is 41.5 Å². The summed E-state index contributed by atoms with van der Waals surface area (Å²) in [4.78, 5) is 4.07. The van der Waals surface area contributed by atoms with Crippen molar-refractivity contribution in [2.24, 2.45) is 5.73 Å². The zero-order chi connectivity index (χ0) is 9.97. The zero-order valence-corrected chi connectivity index (χ0v) is 7.97. The van der Waals surface area contributed by atoms with E-state index in [2.05, 4.69) is 4.98 Å². The molecule has 1 unspecified atom stereocenters. The van der Waals surface area contributed by atoms with E-state index in [9.17, 15) is 0 Å². The first-order valence-electron chi connectivity index (χ1n) is 4.47. The number of nitrogens with zero attached hydrogens (tertiary/aromatic N) is 1. The van der Waals surface area contributed by atoms with Crippen molar-refractivity contribution in [2.45, 2.75) is 13.0 Å². The largest absolute Gasteiger partial charge is 0.472 e. The maximum atomic E-state index is 6.06. The van der Waals surface area contributed by atoms with Crippen LogP contribution in [0.5, 0.6) is 0 Å². The van der Waals surface area contributed by atoms with Gasteiger partial charge in [-0.3, -0.25) is 4.98 Å². The van der Waals surface area contributed by atoms with E-state index in [0.29, 0.717) is 0 Å². The smallest absolute Gasteiger partial charge is 0.0953 e. The number of aryl methyl sites for hydroxylation is 1. The van der Waals surface area contributed by atoms with Gasteiger partial charge in [0.15, 0.2) is 0 Å². The third-order valence-corrected chi connectivity index (χ3v) is 2.32. The van der Waals surface area contributed by atoms with E-state index < -0.39 is 0 Å². The summed E-state index contributed by atoms with van der Waals surface area (Å²) >= 11 is 0. The van der Waals surface area contributed by atoms with Gasteiger partial charge in [0.05, 0.1) is 18.6 Å². The molecule has 0 amide bonds. The second-order valence-electron chi connectivity index (χ2n) is 3.27. The van der Waals surface area contributed by atoms with Gasteiger partial charge in [-0.2, -0.15) is 0 Å². The third-order valence-electron chi connectivity index (χ3n) is 2.32. The molecule has 1 atom stereocenters. The molecule has 72 valence electrons. The Balaban J connectivity index is 2.37. The van der Waals surface area contributed by atoms with Gasteiger partial charge in [-0.25, -0.2) is 0 Å².